The van der Waals surface area contributed by atoms with Gasteiger partial charge in [-0.15, -0.1) is 0 Å². The Bertz CT molecular complexity index is 390. The zero-order valence-electron chi connectivity index (χ0n) is 12.6. The summed E-state index contributed by atoms with van der Waals surface area (Å²) in [5, 5.41) is 2.52. The van der Waals surface area contributed by atoms with Gasteiger partial charge in [-0.1, -0.05) is 6.92 Å². The van der Waals surface area contributed by atoms with Gasteiger partial charge in [0.05, 0.1) is 45.1 Å². The van der Waals surface area contributed by atoms with E-state index >= 15 is 0 Å². The van der Waals surface area contributed by atoms with E-state index in [1.54, 1.807) is 12.0 Å². The molecule has 106 valence electrons. The molecule has 0 radical (unpaired) electrons. The number of piperidine rings is 1. The van der Waals surface area contributed by atoms with E-state index in [1.807, 2.05) is 12.1 Å². The van der Waals surface area contributed by atoms with Crippen molar-refractivity contribution in [3.63, 3.8) is 0 Å². The third kappa shape index (κ3) is 3.71. The molecule has 1 aliphatic heterocycles. The number of likely N-dealkylation sites (tertiary alicyclic amines) is 1. The van der Waals surface area contributed by atoms with Gasteiger partial charge in [-0.2, -0.15) is 0 Å². The Kier molecular flexibility index (Phi) is 4.83. The fourth-order valence-corrected chi connectivity index (χ4v) is 3.08. The van der Waals surface area contributed by atoms with Gasteiger partial charge < -0.3 is 15.0 Å². The van der Waals surface area contributed by atoms with Crippen molar-refractivity contribution in [2.45, 2.75) is 38.9 Å². The Labute approximate surface area is 116 Å². The first kappa shape index (κ1) is 14.4. The van der Waals surface area contributed by atoms with Crippen LogP contribution in [-0.2, 0) is 6.54 Å². The fourth-order valence-electron chi connectivity index (χ4n) is 3.08. The Morgan fingerprint density at radius 3 is 2.58 bits per heavy atom. The minimum absolute atomic E-state index is 0.765. The first-order valence-electron chi connectivity index (χ1n) is 7.38. The summed E-state index contributed by atoms with van der Waals surface area (Å²) >= 11 is 0. The van der Waals surface area contributed by atoms with E-state index in [-0.39, 0.29) is 0 Å². The lowest BCUT2D eigenvalue weighted by atomic mass is 9.90. The summed E-state index contributed by atoms with van der Waals surface area (Å²) in [6.07, 6.45) is 1.32. The summed E-state index contributed by atoms with van der Waals surface area (Å²) in [6.45, 7) is 7.13. The van der Waals surface area contributed by atoms with Gasteiger partial charge in [0.15, 0.2) is 0 Å². The Balaban J connectivity index is 1.87. The number of benzene rings is 1. The van der Waals surface area contributed by atoms with E-state index in [1.165, 1.54) is 18.5 Å². The van der Waals surface area contributed by atoms with Gasteiger partial charge in [0, 0.05) is 5.56 Å². The predicted molar refractivity (Wildman–Crippen MR) is 77.4 cm³/mol. The van der Waals surface area contributed by atoms with Crippen LogP contribution in [0, 0.1) is 5.92 Å². The summed E-state index contributed by atoms with van der Waals surface area (Å²) < 4.78 is 5.19. The lowest BCUT2D eigenvalue weighted by molar-refractivity contribution is -0.923. The first-order chi connectivity index (χ1) is 9.10. The Hall–Kier alpha value is -1.06. The monoisotopic (exact) mass is 264 g/mol. The highest BCUT2D eigenvalue weighted by atomic mass is 16.5. The lowest BCUT2D eigenvalue weighted by Crippen LogP contribution is -3.16. The van der Waals surface area contributed by atoms with Crippen LogP contribution < -0.4 is 15.0 Å². The third-order valence-electron chi connectivity index (χ3n) is 4.66. The van der Waals surface area contributed by atoms with E-state index in [0.29, 0.717) is 0 Å². The molecular formula is C16H28N2O+2. The van der Waals surface area contributed by atoms with E-state index in [9.17, 15) is 0 Å². The van der Waals surface area contributed by atoms with Gasteiger partial charge in [0.2, 0.25) is 0 Å². The molecule has 3 heteroatoms. The first-order valence-corrected chi connectivity index (χ1v) is 7.38. The lowest BCUT2D eigenvalue weighted by Gasteiger charge is -2.35. The van der Waals surface area contributed by atoms with Crippen LogP contribution in [0.3, 0.4) is 0 Å². The van der Waals surface area contributed by atoms with Gasteiger partial charge in [0.1, 0.15) is 12.3 Å². The molecule has 0 bridgehead atoms. The van der Waals surface area contributed by atoms with Crippen molar-refractivity contribution in [3.8, 4) is 5.75 Å². The molecule has 19 heavy (non-hydrogen) atoms. The van der Waals surface area contributed by atoms with Crippen LogP contribution in [0.5, 0.6) is 5.75 Å². The molecule has 0 saturated carbocycles. The summed E-state index contributed by atoms with van der Waals surface area (Å²) in [6, 6.07) is 9.99. The second-order valence-electron chi connectivity index (χ2n) is 6.12. The van der Waals surface area contributed by atoms with E-state index in [4.69, 9.17) is 4.74 Å². The SMILES string of the molecule is COc1ccc(C[NH2+][C@@H]2C[C@H](C)[NH+](C)C[C@H]2C)cc1. The third-order valence-corrected chi connectivity index (χ3v) is 4.66. The highest BCUT2D eigenvalue weighted by Gasteiger charge is 2.34. The second kappa shape index (κ2) is 6.40. The average Bonchev–Trinajstić information content (AvgIpc) is 2.42. The van der Waals surface area contributed by atoms with Gasteiger partial charge in [0.25, 0.3) is 0 Å². The molecule has 2 rings (SSSR count). The zero-order valence-corrected chi connectivity index (χ0v) is 12.6. The average molecular weight is 264 g/mol. The van der Waals surface area contributed by atoms with Crippen molar-refractivity contribution in [2.24, 2.45) is 5.92 Å². The highest BCUT2D eigenvalue weighted by molar-refractivity contribution is 5.26. The predicted octanol–water partition coefficient (Wildman–Crippen LogP) is 0.0702. The molecule has 0 aliphatic carbocycles. The summed E-state index contributed by atoms with van der Waals surface area (Å²) in [7, 11) is 4.03. The number of quaternary nitrogens is 2. The smallest absolute Gasteiger partial charge is 0.118 e. The summed E-state index contributed by atoms with van der Waals surface area (Å²) in [5.74, 6) is 1.74. The van der Waals surface area contributed by atoms with Crippen LogP contribution in [0.15, 0.2) is 24.3 Å². The van der Waals surface area contributed by atoms with E-state index in [0.717, 1.165) is 30.3 Å². The largest absolute Gasteiger partial charge is 0.497 e. The molecule has 1 saturated heterocycles. The van der Waals surface area contributed by atoms with Gasteiger partial charge in [-0.25, -0.2) is 0 Å². The maximum absolute atomic E-state index is 5.19. The van der Waals surface area contributed by atoms with Crippen LogP contribution in [-0.4, -0.2) is 32.8 Å². The van der Waals surface area contributed by atoms with E-state index in [2.05, 4.69) is 38.3 Å². The number of ether oxygens (including phenoxy) is 1. The zero-order chi connectivity index (χ0) is 13.8. The number of methoxy groups -OCH3 is 1. The topological polar surface area (TPSA) is 30.3 Å². The van der Waals surface area contributed by atoms with Crippen LogP contribution in [0.1, 0.15) is 25.8 Å². The van der Waals surface area contributed by atoms with Crippen molar-refractivity contribution in [3.05, 3.63) is 29.8 Å². The number of rotatable bonds is 4. The minimum atomic E-state index is 0.765. The molecule has 1 aromatic carbocycles. The van der Waals surface area contributed by atoms with E-state index < -0.39 is 0 Å². The molecule has 3 nitrogen and oxygen atoms in total. The molecule has 1 aliphatic rings. The van der Waals surface area contributed by atoms with Gasteiger partial charge >= 0.3 is 0 Å². The number of nitrogens with two attached hydrogens (primary N) is 1. The van der Waals surface area contributed by atoms with Crippen molar-refractivity contribution >= 4 is 0 Å². The quantitative estimate of drug-likeness (QED) is 0.792. The molecule has 1 unspecified atom stereocenters. The fraction of sp³-hybridized carbons (Fsp3) is 0.625. The molecule has 1 aromatic rings. The number of hydrogen-bond acceptors (Lipinski definition) is 1. The maximum atomic E-state index is 5.19. The number of hydrogen-bond donors (Lipinski definition) is 2. The molecule has 0 aromatic heterocycles. The minimum Gasteiger partial charge on any atom is -0.497 e. The molecule has 1 fully saturated rings. The van der Waals surface area contributed by atoms with Crippen molar-refractivity contribution in [2.75, 3.05) is 20.7 Å². The standard InChI is InChI=1S/C16H26N2O/c1-12-11-18(3)13(2)9-16(12)17-10-14-5-7-15(19-4)8-6-14/h5-8,12-13,16-17H,9-11H2,1-4H3/p+2/t12-,13+,16-/m1/s1. The van der Waals surface area contributed by atoms with Crippen LogP contribution >= 0.6 is 0 Å². The van der Waals surface area contributed by atoms with Crippen LogP contribution in [0.2, 0.25) is 0 Å². The molecule has 0 amide bonds. The Morgan fingerprint density at radius 1 is 1.26 bits per heavy atom. The summed E-state index contributed by atoms with van der Waals surface area (Å²) in [4.78, 5) is 1.68. The molecular weight excluding hydrogens is 236 g/mol. The van der Waals surface area contributed by atoms with Crippen molar-refractivity contribution in [1.29, 1.82) is 0 Å². The summed E-state index contributed by atoms with van der Waals surface area (Å²) in [5.41, 5.74) is 1.38. The van der Waals surface area contributed by atoms with Gasteiger partial charge in [-0.3, -0.25) is 0 Å². The van der Waals surface area contributed by atoms with Crippen LogP contribution in [0.25, 0.3) is 0 Å². The molecule has 3 N–H and O–H groups in total. The van der Waals surface area contributed by atoms with Crippen LogP contribution in [0.4, 0.5) is 0 Å². The normalized spacial score (nSPS) is 31.2. The molecule has 1 heterocycles. The number of nitrogens with one attached hydrogen (secondary N) is 1. The molecule has 4 atom stereocenters. The second-order valence-corrected chi connectivity index (χ2v) is 6.12. The Morgan fingerprint density at radius 2 is 1.95 bits per heavy atom. The maximum Gasteiger partial charge on any atom is 0.118 e. The highest BCUT2D eigenvalue weighted by Crippen LogP contribution is 2.11. The molecule has 0 spiro atoms. The van der Waals surface area contributed by atoms with Gasteiger partial charge in [-0.05, 0) is 31.2 Å². The van der Waals surface area contributed by atoms with Crippen molar-refractivity contribution < 1.29 is 15.0 Å². The van der Waals surface area contributed by atoms with Crippen molar-refractivity contribution in [1.82, 2.24) is 0 Å².